The summed E-state index contributed by atoms with van der Waals surface area (Å²) in [6, 6.07) is 5.10. The summed E-state index contributed by atoms with van der Waals surface area (Å²) in [6.45, 7) is 5.70. The summed E-state index contributed by atoms with van der Waals surface area (Å²) in [7, 11) is -3.43. The largest absolute Gasteiger partial charge is 0.326 e. The number of hydrogen-bond donors (Lipinski definition) is 2. The lowest BCUT2D eigenvalue weighted by Crippen LogP contribution is -2.37. The molecular formula is C15H25N3O2S. The zero-order valence-corrected chi connectivity index (χ0v) is 13.5. The SMILES string of the molecule is Cc1cc(S(=O)(=O)NCCN2CCCCC2)ccc1CN. The molecule has 118 valence electrons. The van der Waals surface area contributed by atoms with Crippen LogP contribution in [0.25, 0.3) is 0 Å². The normalized spacial score (nSPS) is 17.0. The van der Waals surface area contributed by atoms with Gasteiger partial charge in [-0.05, 0) is 56.1 Å². The molecule has 1 aromatic carbocycles. The lowest BCUT2D eigenvalue weighted by atomic mass is 10.1. The fourth-order valence-electron chi connectivity index (χ4n) is 2.67. The smallest absolute Gasteiger partial charge is 0.240 e. The van der Waals surface area contributed by atoms with Crippen molar-refractivity contribution in [3.63, 3.8) is 0 Å². The van der Waals surface area contributed by atoms with Gasteiger partial charge in [-0.25, -0.2) is 13.1 Å². The highest BCUT2D eigenvalue weighted by atomic mass is 32.2. The fraction of sp³-hybridized carbons (Fsp3) is 0.600. The third-order valence-corrected chi connectivity index (χ3v) is 5.47. The molecule has 0 unspecified atom stereocenters. The molecule has 1 aliphatic heterocycles. The van der Waals surface area contributed by atoms with Crippen LogP contribution < -0.4 is 10.5 Å². The van der Waals surface area contributed by atoms with Gasteiger partial charge in [0.2, 0.25) is 10.0 Å². The lowest BCUT2D eigenvalue weighted by Gasteiger charge is -2.26. The first-order valence-corrected chi connectivity index (χ1v) is 9.03. The van der Waals surface area contributed by atoms with Crippen LogP contribution in [0.2, 0.25) is 0 Å². The van der Waals surface area contributed by atoms with Crippen molar-refractivity contribution in [2.24, 2.45) is 5.73 Å². The van der Waals surface area contributed by atoms with Gasteiger partial charge in [0.25, 0.3) is 0 Å². The van der Waals surface area contributed by atoms with Gasteiger partial charge >= 0.3 is 0 Å². The summed E-state index contributed by atoms with van der Waals surface area (Å²) in [4.78, 5) is 2.63. The van der Waals surface area contributed by atoms with Crippen molar-refractivity contribution in [3.8, 4) is 0 Å². The van der Waals surface area contributed by atoms with Gasteiger partial charge in [0.1, 0.15) is 0 Å². The summed E-state index contributed by atoms with van der Waals surface area (Å²) in [5.74, 6) is 0. The number of benzene rings is 1. The van der Waals surface area contributed by atoms with E-state index >= 15 is 0 Å². The highest BCUT2D eigenvalue weighted by Gasteiger charge is 2.16. The zero-order valence-electron chi connectivity index (χ0n) is 12.6. The first-order valence-electron chi connectivity index (χ1n) is 7.54. The second-order valence-corrected chi connectivity index (χ2v) is 7.36. The summed E-state index contributed by atoms with van der Waals surface area (Å²) in [5, 5.41) is 0. The fourth-order valence-corrected chi connectivity index (χ4v) is 3.77. The van der Waals surface area contributed by atoms with E-state index in [4.69, 9.17) is 5.73 Å². The van der Waals surface area contributed by atoms with E-state index in [0.717, 1.165) is 30.8 Å². The quantitative estimate of drug-likeness (QED) is 0.828. The number of nitrogens with zero attached hydrogens (tertiary/aromatic N) is 1. The minimum Gasteiger partial charge on any atom is -0.326 e. The summed E-state index contributed by atoms with van der Waals surface area (Å²) in [6.07, 6.45) is 3.72. The van der Waals surface area contributed by atoms with Gasteiger partial charge < -0.3 is 10.6 Å². The summed E-state index contributed by atoms with van der Waals surface area (Å²) < 4.78 is 27.2. The monoisotopic (exact) mass is 311 g/mol. The van der Waals surface area contributed by atoms with E-state index < -0.39 is 10.0 Å². The first-order chi connectivity index (χ1) is 10.0. The van der Waals surface area contributed by atoms with Crippen molar-refractivity contribution in [2.45, 2.75) is 37.6 Å². The van der Waals surface area contributed by atoms with Crippen LogP contribution in [0.5, 0.6) is 0 Å². The van der Waals surface area contributed by atoms with E-state index in [-0.39, 0.29) is 0 Å². The Bertz CT molecular complexity index is 566. The molecule has 0 aliphatic carbocycles. The van der Waals surface area contributed by atoms with Crippen LogP contribution in [0.1, 0.15) is 30.4 Å². The second kappa shape index (κ2) is 7.35. The average Bonchev–Trinajstić information content (AvgIpc) is 2.48. The molecule has 0 radical (unpaired) electrons. The Hall–Kier alpha value is -0.950. The molecular weight excluding hydrogens is 286 g/mol. The van der Waals surface area contributed by atoms with E-state index in [9.17, 15) is 8.42 Å². The predicted molar refractivity (Wildman–Crippen MR) is 84.5 cm³/mol. The maximum absolute atomic E-state index is 12.3. The van der Waals surface area contributed by atoms with Crippen LogP contribution >= 0.6 is 0 Å². The van der Waals surface area contributed by atoms with Gasteiger partial charge in [-0.15, -0.1) is 0 Å². The maximum Gasteiger partial charge on any atom is 0.240 e. The third kappa shape index (κ3) is 4.51. The molecule has 1 saturated heterocycles. The Morgan fingerprint density at radius 2 is 1.95 bits per heavy atom. The van der Waals surface area contributed by atoms with Crippen molar-refractivity contribution in [3.05, 3.63) is 29.3 Å². The molecule has 0 aromatic heterocycles. The number of sulfonamides is 1. The van der Waals surface area contributed by atoms with Crippen molar-refractivity contribution in [1.29, 1.82) is 0 Å². The molecule has 0 saturated carbocycles. The van der Waals surface area contributed by atoms with Crippen LogP contribution in [-0.2, 0) is 16.6 Å². The minimum absolute atomic E-state index is 0.316. The maximum atomic E-state index is 12.3. The van der Waals surface area contributed by atoms with E-state index in [1.165, 1.54) is 19.3 Å². The van der Waals surface area contributed by atoms with Crippen molar-refractivity contribution < 1.29 is 8.42 Å². The van der Waals surface area contributed by atoms with Crippen LogP contribution in [0.4, 0.5) is 0 Å². The standard InChI is InChI=1S/C15H25N3O2S/c1-13-11-15(6-5-14(13)12-16)21(19,20)17-7-10-18-8-3-2-4-9-18/h5-6,11,17H,2-4,7-10,12,16H2,1H3. The molecule has 2 rings (SSSR count). The average molecular weight is 311 g/mol. The van der Waals surface area contributed by atoms with E-state index in [1.807, 2.05) is 6.92 Å². The van der Waals surface area contributed by atoms with E-state index in [0.29, 0.717) is 18.0 Å². The second-order valence-electron chi connectivity index (χ2n) is 5.59. The van der Waals surface area contributed by atoms with Crippen LogP contribution in [0.15, 0.2) is 23.1 Å². The van der Waals surface area contributed by atoms with Crippen molar-refractivity contribution >= 4 is 10.0 Å². The highest BCUT2D eigenvalue weighted by Crippen LogP contribution is 2.15. The highest BCUT2D eigenvalue weighted by molar-refractivity contribution is 7.89. The van der Waals surface area contributed by atoms with Crippen molar-refractivity contribution in [2.75, 3.05) is 26.2 Å². The summed E-state index contributed by atoms with van der Waals surface area (Å²) >= 11 is 0. The van der Waals surface area contributed by atoms with E-state index in [1.54, 1.807) is 18.2 Å². The van der Waals surface area contributed by atoms with Crippen molar-refractivity contribution in [1.82, 2.24) is 9.62 Å². The van der Waals surface area contributed by atoms with Gasteiger partial charge in [-0.3, -0.25) is 0 Å². The molecule has 0 spiro atoms. The molecule has 1 heterocycles. The number of nitrogens with one attached hydrogen (secondary N) is 1. The topological polar surface area (TPSA) is 75.4 Å². The Kier molecular flexibility index (Phi) is 5.75. The van der Waals surface area contributed by atoms with Gasteiger partial charge in [0.15, 0.2) is 0 Å². The first kappa shape index (κ1) is 16.4. The lowest BCUT2D eigenvalue weighted by molar-refractivity contribution is 0.233. The van der Waals surface area contributed by atoms with Crippen LogP contribution in [0, 0.1) is 6.92 Å². The molecule has 1 aliphatic rings. The molecule has 6 heteroatoms. The summed E-state index contributed by atoms with van der Waals surface area (Å²) in [5.41, 5.74) is 7.49. The molecule has 0 amide bonds. The third-order valence-electron chi connectivity index (χ3n) is 4.01. The number of nitrogens with two attached hydrogens (primary N) is 1. The van der Waals surface area contributed by atoms with Crippen LogP contribution in [-0.4, -0.2) is 39.5 Å². The predicted octanol–water partition coefficient (Wildman–Crippen LogP) is 1.22. The molecule has 1 fully saturated rings. The van der Waals surface area contributed by atoms with E-state index in [2.05, 4.69) is 9.62 Å². The Labute approximate surface area is 127 Å². The molecule has 5 nitrogen and oxygen atoms in total. The number of rotatable bonds is 6. The number of piperidine rings is 1. The molecule has 1 aromatic rings. The van der Waals surface area contributed by atoms with Gasteiger partial charge in [0.05, 0.1) is 4.90 Å². The number of likely N-dealkylation sites (tertiary alicyclic amines) is 1. The molecule has 0 bridgehead atoms. The minimum atomic E-state index is -3.43. The Morgan fingerprint density at radius 1 is 1.24 bits per heavy atom. The number of aryl methyl sites for hydroxylation is 1. The van der Waals surface area contributed by atoms with Gasteiger partial charge in [0, 0.05) is 19.6 Å². The van der Waals surface area contributed by atoms with Crippen LogP contribution in [0.3, 0.4) is 0 Å². The Balaban J connectivity index is 1.93. The zero-order chi connectivity index (χ0) is 15.3. The molecule has 0 atom stereocenters. The molecule has 3 N–H and O–H groups in total. The molecule has 21 heavy (non-hydrogen) atoms. The Morgan fingerprint density at radius 3 is 2.57 bits per heavy atom. The number of hydrogen-bond acceptors (Lipinski definition) is 4. The van der Waals surface area contributed by atoms with Gasteiger partial charge in [-0.1, -0.05) is 12.5 Å². The van der Waals surface area contributed by atoms with Gasteiger partial charge in [-0.2, -0.15) is 0 Å².